The van der Waals surface area contributed by atoms with Crippen LogP contribution in [0.2, 0.25) is 0 Å². The number of nitrogens with two attached hydrogens (primary N) is 1. The number of aryl methyl sites for hydroxylation is 1. The smallest absolute Gasteiger partial charge is 0.254 e. The van der Waals surface area contributed by atoms with Gasteiger partial charge < -0.3 is 10.2 Å². The van der Waals surface area contributed by atoms with Gasteiger partial charge in [-0.3, -0.25) is 4.79 Å². The third-order valence-corrected chi connectivity index (χ3v) is 5.51. The van der Waals surface area contributed by atoms with E-state index in [1.165, 1.54) is 6.07 Å². The third-order valence-electron chi connectivity index (χ3n) is 4.47. The predicted octanol–water partition coefficient (Wildman–Crippen LogP) is 1.20. The molecule has 0 saturated carbocycles. The van der Waals surface area contributed by atoms with Crippen molar-refractivity contribution in [3.63, 3.8) is 0 Å². The molecule has 2 unspecified atom stereocenters. The Kier molecular flexibility index (Phi) is 6.20. The third kappa shape index (κ3) is 4.03. The molecule has 3 N–H and O–H groups in total. The molecule has 23 heavy (non-hydrogen) atoms. The first-order valence-electron chi connectivity index (χ1n) is 7.31. The van der Waals surface area contributed by atoms with Crippen molar-refractivity contribution in [2.45, 2.75) is 44.7 Å². The van der Waals surface area contributed by atoms with Gasteiger partial charge in [-0.2, -0.15) is 0 Å². The van der Waals surface area contributed by atoms with E-state index in [1.807, 2.05) is 13.8 Å². The van der Waals surface area contributed by atoms with Crippen molar-refractivity contribution in [1.82, 2.24) is 10.2 Å². The zero-order valence-corrected chi connectivity index (χ0v) is 15.4. The van der Waals surface area contributed by atoms with Gasteiger partial charge in [-0.05, 0) is 51.0 Å². The Morgan fingerprint density at radius 1 is 1.30 bits per heavy atom. The fraction of sp³-hybridized carbons (Fsp3) is 0.533. The highest BCUT2D eigenvalue weighted by molar-refractivity contribution is 7.89. The Labute approximate surface area is 143 Å². The summed E-state index contributed by atoms with van der Waals surface area (Å²) in [5.74, 6) is -0.158. The van der Waals surface area contributed by atoms with Crippen molar-refractivity contribution in [3.05, 3.63) is 28.8 Å². The second-order valence-corrected chi connectivity index (χ2v) is 7.47. The number of piperazine rings is 1. The average molecular weight is 362 g/mol. The Bertz CT molecular complexity index is 706. The summed E-state index contributed by atoms with van der Waals surface area (Å²) >= 11 is 0. The molecule has 1 aliphatic heterocycles. The minimum atomic E-state index is -3.85. The molecular formula is C15H24ClN3O3S. The van der Waals surface area contributed by atoms with Crippen LogP contribution in [-0.2, 0) is 10.0 Å². The molecule has 1 saturated heterocycles. The van der Waals surface area contributed by atoms with Crippen molar-refractivity contribution < 1.29 is 13.2 Å². The summed E-state index contributed by atoms with van der Waals surface area (Å²) in [6.07, 6.45) is 0. The van der Waals surface area contributed by atoms with E-state index in [1.54, 1.807) is 24.8 Å². The van der Waals surface area contributed by atoms with Gasteiger partial charge in [-0.25, -0.2) is 13.6 Å². The number of halogens is 1. The number of benzene rings is 1. The largest absolute Gasteiger partial charge is 0.333 e. The van der Waals surface area contributed by atoms with E-state index in [2.05, 4.69) is 5.32 Å². The summed E-state index contributed by atoms with van der Waals surface area (Å²) in [7, 11) is -3.85. The van der Waals surface area contributed by atoms with Crippen LogP contribution in [0.25, 0.3) is 0 Å². The lowest BCUT2D eigenvalue weighted by atomic mass is 10.0. The van der Waals surface area contributed by atoms with Crippen molar-refractivity contribution in [2.24, 2.45) is 5.14 Å². The molecule has 1 aromatic carbocycles. The minimum Gasteiger partial charge on any atom is -0.333 e. The minimum absolute atomic E-state index is 0. The van der Waals surface area contributed by atoms with Crippen LogP contribution < -0.4 is 10.5 Å². The summed E-state index contributed by atoms with van der Waals surface area (Å²) in [4.78, 5) is 14.6. The van der Waals surface area contributed by atoms with Crippen molar-refractivity contribution in [2.75, 3.05) is 13.1 Å². The molecule has 0 radical (unpaired) electrons. The molecule has 0 aliphatic carbocycles. The number of carbonyl (C=O) groups excluding carboxylic acids is 1. The van der Waals surface area contributed by atoms with Crippen LogP contribution in [-0.4, -0.2) is 44.4 Å². The SMILES string of the molecule is Cc1cc(C(=O)N2CCNC(C)C2C)cc(S(N)(=O)=O)c1C.Cl. The van der Waals surface area contributed by atoms with Gasteiger partial charge in [0.1, 0.15) is 0 Å². The lowest BCUT2D eigenvalue weighted by Gasteiger charge is -2.38. The molecule has 0 bridgehead atoms. The van der Waals surface area contributed by atoms with E-state index in [0.717, 1.165) is 12.1 Å². The van der Waals surface area contributed by atoms with E-state index < -0.39 is 10.0 Å². The first kappa shape index (κ1) is 19.9. The second kappa shape index (κ2) is 7.17. The molecule has 8 heteroatoms. The topological polar surface area (TPSA) is 92.5 Å². The maximum absolute atomic E-state index is 12.8. The van der Waals surface area contributed by atoms with Gasteiger partial charge in [-0.1, -0.05) is 0 Å². The molecule has 130 valence electrons. The monoisotopic (exact) mass is 361 g/mol. The Hall–Kier alpha value is -1.15. The summed E-state index contributed by atoms with van der Waals surface area (Å²) in [6.45, 7) is 8.81. The average Bonchev–Trinajstić information content (AvgIpc) is 2.42. The molecule has 1 aromatic rings. The summed E-state index contributed by atoms with van der Waals surface area (Å²) in [5.41, 5.74) is 1.69. The van der Waals surface area contributed by atoms with E-state index in [-0.39, 0.29) is 35.3 Å². The highest BCUT2D eigenvalue weighted by Gasteiger charge is 2.29. The fourth-order valence-electron chi connectivity index (χ4n) is 2.76. The number of amides is 1. The van der Waals surface area contributed by atoms with Gasteiger partial charge in [0.05, 0.1) is 4.90 Å². The van der Waals surface area contributed by atoms with Crippen LogP contribution in [0.3, 0.4) is 0 Å². The van der Waals surface area contributed by atoms with Gasteiger partial charge in [0.25, 0.3) is 5.91 Å². The molecule has 1 heterocycles. The van der Waals surface area contributed by atoms with Gasteiger partial charge >= 0.3 is 0 Å². The number of hydrogen-bond acceptors (Lipinski definition) is 4. The van der Waals surface area contributed by atoms with Gasteiger partial charge in [0, 0.05) is 30.7 Å². The van der Waals surface area contributed by atoms with Crippen molar-refractivity contribution in [3.8, 4) is 0 Å². The van der Waals surface area contributed by atoms with Crippen LogP contribution >= 0.6 is 12.4 Å². The summed E-state index contributed by atoms with van der Waals surface area (Å²) < 4.78 is 23.4. The Morgan fingerprint density at radius 3 is 2.48 bits per heavy atom. The van der Waals surface area contributed by atoms with Crippen LogP contribution in [0.4, 0.5) is 0 Å². The number of carbonyl (C=O) groups is 1. The number of sulfonamides is 1. The highest BCUT2D eigenvalue weighted by atomic mass is 35.5. The van der Waals surface area contributed by atoms with Crippen LogP contribution in [0, 0.1) is 13.8 Å². The van der Waals surface area contributed by atoms with Crippen LogP contribution in [0.15, 0.2) is 17.0 Å². The molecule has 0 spiro atoms. The lowest BCUT2D eigenvalue weighted by molar-refractivity contribution is 0.0602. The molecule has 6 nitrogen and oxygen atoms in total. The highest BCUT2D eigenvalue weighted by Crippen LogP contribution is 2.22. The first-order chi connectivity index (χ1) is 10.1. The molecule has 1 amide bonds. The summed E-state index contributed by atoms with van der Waals surface area (Å²) in [5, 5.41) is 8.58. The molecule has 2 rings (SSSR count). The van der Waals surface area contributed by atoms with Crippen molar-refractivity contribution in [1.29, 1.82) is 0 Å². The second-order valence-electron chi connectivity index (χ2n) is 5.94. The molecular weight excluding hydrogens is 338 g/mol. The predicted molar refractivity (Wildman–Crippen MR) is 92.5 cm³/mol. The fourth-order valence-corrected chi connectivity index (χ4v) is 3.63. The normalized spacial score (nSPS) is 21.7. The summed E-state index contributed by atoms with van der Waals surface area (Å²) in [6, 6.07) is 3.35. The zero-order valence-electron chi connectivity index (χ0n) is 13.8. The molecule has 1 fully saturated rings. The van der Waals surface area contributed by atoms with E-state index >= 15 is 0 Å². The molecule has 2 atom stereocenters. The number of nitrogens with one attached hydrogen (secondary N) is 1. The maximum atomic E-state index is 12.8. The van der Waals surface area contributed by atoms with Gasteiger partial charge in [-0.15, -0.1) is 12.4 Å². The van der Waals surface area contributed by atoms with Crippen LogP contribution in [0.5, 0.6) is 0 Å². The lowest BCUT2D eigenvalue weighted by Crippen LogP contribution is -2.57. The number of nitrogens with zero attached hydrogens (tertiary/aromatic N) is 1. The number of rotatable bonds is 2. The van der Waals surface area contributed by atoms with Crippen LogP contribution in [0.1, 0.15) is 35.3 Å². The molecule has 1 aliphatic rings. The number of primary sulfonamides is 1. The number of hydrogen-bond donors (Lipinski definition) is 2. The Morgan fingerprint density at radius 2 is 1.91 bits per heavy atom. The standard InChI is InChI=1S/C15H23N3O3S.ClH/c1-9-7-13(8-14(10(9)2)22(16,20)21)15(19)18-6-5-17-11(3)12(18)4;/h7-8,11-12,17H,5-6H2,1-4H3,(H2,16,20,21);1H. The van der Waals surface area contributed by atoms with Gasteiger partial charge in [0.15, 0.2) is 0 Å². The van der Waals surface area contributed by atoms with Gasteiger partial charge in [0.2, 0.25) is 10.0 Å². The zero-order chi connectivity index (χ0) is 16.7. The van der Waals surface area contributed by atoms with E-state index in [9.17, 15) is 13.2 Å². The first-order valence-corrected chi connectivity index (χ1v) is 8.86. The maximum Gasteiger partial charge on any atom is 0.254 e. The Balaban J connectivity index is 0.00000264. The molecule has 0 aromatic heterocycles. The van der Waals surface area contributed by atoms with Crippen molar-refractivity contribution >= 4 is 28.3 Å². The van der Waals surface area contributed by atoms with E-state index in [0.29, 0.717) is 17.7 Å². The quantitative estimate of drug-likeness (QED) is 0.827. The van der Waals surface area contributed by atoms with E-state index in [4.69, 9.17) is 5.14 Å².